The van der Waals surface area contributed by atoms with Crippen LogP contribution in [0.2, 0.25) is 0 Å². The number of hydrogen-bond donors (Lipinski definition) is 0. The number of hydrogen-bond acceptors (Lipinski definition) is 4. The molecule has 0 saturated carbocycles. The van der Waals surface area contributed by atoms with Crippen LogP contribution < -0.4 is 4.74 Å². The number of benzene rings is 2. The molecule has 0 saturated heterocycles. The zero-order valence-electron chi connectivity index (χ0n) is 11.6. The summed E-state index contributed by atoms with van der Waals surface area (Å²) in [5, 5.41) is 10.6. The van der Waals surface area contributed by atoms with Crippen LogP contribution in [0.4, 0.5) is 5.69 Å². The Kier molecular flexibility index (Phi) is 4.66. The lowest BCUT2D eigenvalue weighted by atomic mass is 10.1. The van der Waals surface area contributed by atoms with Gasteiger partial charge in [-0.25, -0.2) is 0 Å². The van der Waals surface area contributed by atoms with Gasteiger partial charge in [0.15, 0.2) is 12.4 Å². The number of nitro benzene ring substituents is 1. The van der Waals surface area contributed by atoms with Crippen molar-refractivity contribution in [3.8, 4) is 5.75 Å². The number of nitro groups is 1. The molecule has 0 atom stereocenters. The smallest absolute Gasteiger partial charge is 0.269 e. The summed E-state index contributed by atoms with van der Waals surface area (Å²) in [5.41, 5.74) is 1.40. The largest absolute Gasteiger partial charge is 0.485 e. The highest BCUT2D eigenvalue weighted by Gasteiger charge is 2.11. The van der Waals surface area contributed by atoms with Gasteiger partial charge in [-0.2, -0.15) is 0 Å². The molecule has 0 unspecified atom stereocenters. The van der Waals surface area contributed by atoms with Crippen LogP contribution in [0.1, 0.15) is 22.8 Å². The van der Waals surface area contributed by atoms with Crippen molar-refractivity contribution in [1.82, 2.24) is 0 Å². The van der Waals surface area contributed by atoms with Gasteiger partial charge in [0.05, 0.1) is 4.92 Å². The van der Waals surface area contributed by atoms with Gasteiger partial charge in [0.25, 0.3) is 5.69 Å². The third-order valence-electron chi connectivity index (χ3n) is 3.11. The summed E-state index contributed by atoms with van der Waals surface area (Å²) in [6.45, 7) is 1.93. The Morgan fingerprint density at radius 2 is 1.81 bits per heavy atom. The number of non-ortho nitro benzene ring substituents is 1. The highest BCUT2D eigenvalue weighted by molar-refractivity contribution is 5.97. The van der Waals surface area contributed by atoms with E-state index >= 15 is 0 Å². The Morgan fingerprint density at radius 3 is 2.43 bits per heavy atom. The molecular formula is C16H15NO4. The SMILES string of the molecule is CCc1ccccc1OCC(=O)c1ccc([N+](=O)[O-])cc1. The first kappa shape index (κ1) is 14.7. The number of carbonyl (C=O) groups is 1. The van der Waals surface area contributed by atoms with Gasteiger partial charge < -0.3 is 4.74 Å². The minimum atomic E-state index is -0.498. The Morgan fingerprint density at radius 1 is 1.14 bits per heavy atom. The van der Waals surface area contributed by atoms with Crippen molar-refractivity contribution in [2.45, 2.75) is 13.3 Å². The topological polar surface area (TPSA) is 69.4 Å². The lowest BCUT2D eigenvalue weighted by Crippen LogP contribution is -2.12. The normalized spacial score (nSPS) is 10.1. The maximum atomic E-state index is 12.0. The number of aryl methyl sites for hydroxylation is 1. The molecule has 0 N–H and O–H groups in total. The predicted molar refractivity (Wildman–Crippen MR) is 78.7 cm³/mol. The van der Waals surface area contributed by atoms with Crippen molar-refractivity contribution in [2.75, 3.05) is 6.61 Å². The van der Waals surface area contributed by atoms with Crippen LogP contribution in [0.3, 0.4) is 0 Å². The molecule has 0 aliphatic heterocycles. The van der Waals surface area contributed by atoms with Gasteiger partial charge in [0.1, 0.15) is 5.75 Å². The zero-order valence-corrected chi connectivity index (χ0v) is 11.6. The van der Waals surface area contributed by atoms with E-state index in [0.29, 0.717) is 11.3 Å². The predicted octanol–water partition coefficient (Wildman–Crippen LogP) is 3.42. The molecule has 0 radical (unpaired) electrons. The average Bonchev–Trinajstić information content (AvgIpc) is 2.52. The van der Waals surface area contributed by atoms with Crippen LogP contribution in [0.15, 0.2) is 48.5 Å². The van der Waals surface area contributed by atoms with Crippen LogP contribution in [-0.4, -0.2) is 17.3 Å². The summed E-state index contributed by atoms with van der Waals surface area (Å²) >= 11 is 0. The second-order valence-electron chi connectivity index (χ2n) is 4.48. The van der Waals surface area contributed by atoms with Crippen LogP contribution in [0, 0.1) is 10.1 Å². The van der Waals surface area contributed by atoms with Crippen molar-refractivity contribution in [2.24, 2.45) is 0 Å². The monoisotopic (exact) mass is 285 g/mol. The van der Waals surface area contributed by atoms with Crippen LogP contribution in [-0.2, 0) is 6.42 Å². The Bertz CT molecular complexity index is 650. The number of ketones is 1. The summed E-state index contributed by atoms with van der Waals surface area (Å²) < 4.78 is 5.54. The lowest BCUT2D eigenvalue weighted by Gasteiger charge is -2.09. The van der Waals surface area contributed by atoms with E-state index in [9.17, 15) is 14.9 Å². The van der Waals surface area contributed by atoms with Crippen molar-refractivity contribution in [1.29, 1.82) is 0 Å². The molecule has 2 rings (SSSR count). The zero-order chi connectivity index (χ0) is 15.2. The van der Waals surface area contributed by atoms with E-state index in [4.69, 9.17) is 4.74 Å². The first-order valence-electron chi connectivity index (χ1n) is 6.60. The average molecular weight is 285 g/mol. The van der Waals surface area contributed by atoms with Crippen molar-refractivity contribution < 1.29 is 14.5 Å². The highest BCUT2D eigenvalue weighted by atomic mass is 16.6. The molecule has 0 aromatic heterocycles. The maximum absolute atomic E-state index is 12.0. The Hall–Kier alpha value is -2.69. The Balaban J connectivity index is 2.03. The van der Waals surface area contributed by atoms with Crippen LogP contribution >= 0.6 is 0 Å². The van der Waals surface area contributed by atoms with E-state index in [0.717, 1.165) is 12.0 Å². The number of nitrogens with zero attached hydrogens (tertiary/aromatic N) is 1. The second kappa shape index (κ2) is 6.65. The third-order valence-corrected chi connectivity index (χ3v) is 3.11. The van der Waals surface area contributed by atoms with E-state index in [2.05, 4.69) is 0 Å². The van der Waals surface area contributed by atoms with Crippen molar-refractivity contribution >= 4 is 11.5 Å². The number of rotatable bonds is 6. The molecule has 0 aliphatic carbocycles. The molecule has 21 heavy (non-hydrogen) atoms. The highest BCUT2D eigenvalue weighted by Crippen LogP contribution is 2.19. The van der Waals surface area contributed by atoms with Gasteiger partial charge in [-0.15, -0.1) is 0 Å². The van der Waals surface area contributed by atoms with Gasteiger partial charge in [-0.05, 0) is 30.2 Å². The molecule has 0 spiro atoms. The number of ether oxygens (including phenoxy) is 1. The molecular weight excluding hydrogens is 270 g/mol. The quantitative estimate of drug-likeness (QED) is 0.463. The third kappa shape index (κ3) is 3.66. The summed E-state index contributed by atoms with van der Waals surface area (Å²) in [7, 11) is 0. The number of Topliss-reactive ketones (excluding diaryl/α,β-unsaturated/α-hetero) is 1. The molecule has 5 nitrogen and oxygen atoms in total. The molecule has 0 aliphatic rings. The molecule has 5 heteroatoms. The molecule has 0 bridgehead atoms. The first-order chi connectivity index (χ1) is 10.1. The fraction of sp³-hybridized carbons (Fsp3) is 0.188. The fourth-order valence-corrected chi connectivity index (χ4v) is 1.93. The number of para-hydroxylation sites is 1. The standard InChI is InChI=1S/C16H15NO4/c1-2-12-5-3-4-6-16(12)21-11-15(18)13-7-9-14(10-8-13)17(19)20/h3-10H,2,11H2,1H3. The summed E-state index contributed by atoms with van der Waals surface area (Å²) in [5.74, 6) is 0.478. The van der Waals surface area contributed by atoms with Gasteiger partial charge in [0, 0.05) is 17.7 Å². The molecule has 0 fully saturated rings. The van der Waals surface area contributed by atoms with Gasteiger partial charge in [-0.3, -0.25) is 14.9 Å². The van der Waals surface area contributed by atoms with E-state index < -0.39 is 4.92 Å². The van der Waals surface area contributed by atoms with Gasteiger partial charge in [-0.1, -0.05) is 25.1 Å². The first-order valence-corrected chi connectivity index (χ1v) is 6.60. The fourth-order valence-electron chi connectivity index (χ4n) is 1.93. The van der Waals surface area contributed by atoms with E-state index in [1.807, 2.05) is 31.2 Å². The summed E-state index contributed by atoms with van der Waals surface area (Å²) in [4.78, 5) is 22.1. The van der Waals surface area contributed by atoms with Gasteiger partial charge in [0.2, 0.25) is 0 Å². The molecule has 108 valence electrons. The minimum absolute atomic E-state index is 0.0382. The second-order valence-corrected chi connectivity index (χ2v) is 4.48. The van der Waals surface area contributed by atoms with E-state index in [1.165, 1.54) is 24.3 Å². The van der Waals surface area contributed by atoms with Gasteiger partial charge >= 0.3 is 0 Å². The van der Waals surface area contributed by atoms with Crippen molar-refractivity contribution in [3.05, 3.63) is 69.8 Å². The molecule has 2 aromatic rings. The maximum Gasteiger partial charge on any atom is 0.269 e. The van der Waals surface area contributed by atoms with E-state index in [1.54, 1.807) is 0 Å². The molecule has 2 aromatic carbocycles. The van der Waals surface area contributed by atoms with Crippen LogP contribution in [0.5, 0.6) is 5.75 Å². The van der Waals surface area contributed by atoms with Crippen LogP contribution in [0.25, 0.3) is 0 Å². The molecule has 0 amide bonds. The van der Waals surface area contributed by atoms with Crippen molar-refractivity contribution in [3.63, 3.8) is 0 Å². The molecule has 0 heterocycles. The summed E-state index contributed by atoms with van der Waals surface area (Å²) in [6.07, 6.45) is 0.821. The summed E-state index contributed by atoms with van der Waals surface area (Å²) in [6, 6.07) is 13.0. The lowest BCUT2D eigenvalue weighted by molar-refractivity contribution is -0.384. The Labute approximate surface area is 122 Å². The van der Waals surface area contributed by atoms with E-state index in [-0.39, 0.29) is 18.1 Å². The minimum Gasteiger partial charge on any atom is -0.485 e. The number of carbonyl (C=O) groups excluding carboxylic acids is 1.